The lowest BCUT2D eigenvalue weighted by Gasteiger charge is -2.38. The van der Waals surface area contributed by atoms with Crippen LogP contribution < -0.4 is 0 Å². The van der Waals surface area contributed by atoms with Crippen molar-refractivity contribution in [2.24, 2.45) is 11.8 Å². The Labute approximate surface area is 157 Å². The van der Waals surface area contributed by atoms with Crippen LogP contribution in [0.3, 0.4) is 0 Å². The molecule has 0 N–H and O–H groups in total. The Morgan fingerprint density at radius 1 is 0.667 bits per heavy atom. The van der Waals surface area contributed by atoms with Gasteiger partial charge in [0.25, 0.3) is 0 Å². The summed E-state index contributed by atoms with van der Waals surface area (Å²) in [5.41, 5.74) is 2.11. The van der Waals surface area contributed by atoms with Crippen molar-refractivity contribution in [1.82, 2.24) is 0 Å². The number of unbranched alkanes of at least 4 members (excludes halogenated alkanes) is 4. The molecule has 0 aliphatic heterocycles. The third-order valence-electron chi connectivity index (χ3n) is 6.21. The van der Waals surface area contributed by atoms with Crippen LogP contribution in [-0.4, -0.2) is 23.6 Å². The minimum Gasteiger partial charge on any atom is -0.119 e. The van der Waals surface area contributed by atoms with Crippen LogP contribution in [0.5, 0.6) is 0 Å². The predicted octanol–water partition coefficient (Wildman–Crippen LogP) is 8.09. The molecule has 0 spiro atoms. The molecule has 24 heavy (non-hydrogen) atoms. The van der Waals surface area contributed by atoms with Crippen LogP contribution in [0.25, 0.3) is 0 Å². The molecule has 1 rings (SSSR count). The van der Waals surface area contributed by atoms with Gasteiger partial charge in [-0.15, -0.1) is 17.2 Å². The molecule has 6 atom stereocenters. The van der Waals surface area contributed by atoms with Crippen molar-refractivity contribution < 1.29 is 0 Å². The highest BCUT2D eigenvalue weighted by Gasteiger charge is 2.30. The minimum absolute atomic E-state index is 1.05. The number of rotatable bonds is 16. The number of hydrogen-bond donors (Lipinski definition) is 0. The first-order valence-corrected chi connectivity index (χ1v) is 13.8. The molecule has 0 bridgehead atoms. The van der Waals surface area contributed by atoms with Gasteiger partial charge in [-0.1, -0.05) is 66.2 Å². The summed E-state index contributed by atoms with van der Waals surface area (Å²) in [6.45, 7) is 9.50. The highest BCUT2D eigenvalue weighted by atomic mass is 31.1. The van der Waals surface area contributed by atoms with Gasteiger partial charge in [0, 0.05) is 0 Å². The van der Waals surface area contributed by atoms with Crippen LogP contribution in [0.2, 0.25) is 0 Å². The highest BCUT2D eigenvalue weighted by Crippen LogP contribution is 2.44. The third kappa shape index (κ3) is 9.53. The molecule has 0 saturated heterocycles. The molecule has 0 amide bonds. The van der Waals surface area contributed by atoms with Crippen LogP contribution in [0.1, 0.15) is 105 Å². The third-order valence-corrected chi connectivity index (χ3v) is 10.3. The fourth-order valence-corrected chi connectivity index (χ4v) is 7.74. The summed E-state index contributed by atoms with van der Waals surface area (Å²) in [7, 11) is 2.52. The molecule has 0 aromatic rings. The summed E-state index contributed by atoms with van der Waals surface area (Å²) < 4.78 is 0. The van der Waals surface area contributed by atoms with Gasteiger partial charge < -0.3 is 0 Å². The molecule has 1 aliphatic rings. The molecule has 144 valence electrons. The van der Waals surface area contributed by atoms with Gasteiger partial charge in [0.2, 0.25) is 0 Å². The Hall–Kier alpha value is 0.860. The SMILES string of the molecule is CCCCCC(CC)PCC1CCC1CPC(CC)CCCCC. The summed E-state index contributed by atoms with van der Waals surface area (Å²) >= 11 is 0. The molecule has 1 fully saturated rings. The summed E-state index contributed by atoms with van der Waals surface area (Å²) in [5, 5.41) is 0. The Kier molecular flexibility index (Phi) is 14.3. The Bertz CT molecular complexity index is 251. The largest absolute Gasteiger partial charge is 0.119 e. The zero-order chi connectivity index (χ0) is 17.6. The maximum atomic E-state index is 2.42. The standard InChI is InChI=1S/C22H46P2/c1-5-9-11-13-21(7-3)23-17-19-15-16-20(19)18-24-22(8-4)14-12-10-6-2/h19-24H,5-18H2,1-4H3. The maximum absolute atomic E-state index is 2.42. The van der Waals surface area contributed by atoms with Gasteiger partial charge in [0.1, 0.15) is 0 Å². The average molecular weight is 373 g/mol. The zero-order valence-corrected chi connectivity index (χ0v) is 19.2. The molecule has 1 aliphatic carbocycles. The van der Waals surface area contributed by atoms with Crippen molar-refractivity contribution in [2.75, 3.05) is 12.3 Å². The summed E-state index contributed by atoms with van der Waals surface area (Å²) in [5.74, 6) is 2.23. The Balaban J connectivity index is 2.17. The van der Waals surface area contributed by atoms with E-state index in [1.165, 1.54) is 81.4 Å². The van der Waals surface area contributed by atoms with Crippen LogP contribution >= 0.6 is 17.2 Å². The van der Waals surface area contributed by atoms with E-state index >= 15 is 0 Å². The first-order valence-electron chi connectivity index (χ1n) is 11.2. The quantitative estimate of drug-likeness (QED) is 0.190. The second kappa shape index (κ2) is 15.0. The molecule has 2 heteroatoms. The maximum Gasteiger partial charge on any atom is -0.0239 e. The van der Waals surface area contributed by atoms with Crippen molar-refractivity contribution in [1.29, 1.82) is 0 Å². The lowest BCUT2D eigenvalue weighted by molar-refractivity contribution is 0.227. The van der Waals surface area contributed by atoms with E-state index in [1.54, 1.807) is 25.2 Å². The first kappa shape index (κ1) is 22.9. The monoisotopic (exact) mass is 372 g/mol. The average Bonchev–Trinajstić information content (AvgIpc) is 2.58. The Morgan fingerprint density at radius 2 is 1.08 bits per heavy atom. The van der Waals surface area contributed by atoms with Gasteiger partial charge in [0.05, 0.1) is 0 Å². The van der Waals surface area contributed by atoms with Crippen molar-refractivity contribution in [3.05, 3.63) is 0 Å². The molecule has 1 saturated carbocycles. The normalized spacial score (nSPS) is 24.0. The van der Waals surface area contributed by atoms with Gasteiger partial charge in [-0.3, -0.25) is 0 Å². The van der Waals surface area contributed by atoms with Gasteiger partial charge in [-0.2, -0.15) is 0 Å². The van der Waals surface area contributed by atoms with Gasteiger partial charge in [-0.05, 0) is 74.0 Å². The van der Waals surface area contributed by atoms with Crippen LogP contribution in [-0.2, 0) is 0 Å². The van der Waals surface area contributed by atoms with E-state index in [2.05, 4.69) is 27.7 Å². The molecule has 0 aromatic carbocycles. The fraction of sp³-hybridized carbons (Fsp3) is 1.00. The van der Waals surface area contributed by atoms with E-state index in [1.807, 2.05) is 0 Å². The highest BCUT2D eigenvalue weighted by molar-refractivity contribution is 7.39. The smallest absolute Gasteiger partial charge is 0.0239 e. The van der Waals surface area contributed by atoms with Gasteiger partial charge in [0.15, 0.2) is 0 Å². The Morgan fingerprint density at radius 3 is 1.38 bits per heavy atom. The van der Waals surface area contributed by atoms with Crippen molar-refractivity contribution >= 4 is 17.2 Å². The second-order valence-electron chi connectivity index (χ2n) is 8.12. The second-order valence-corrected chi connectivity index (χ2v) is 11.4. The van der Waals surface area contributed by atoms with E-state index in [0.29, 0.717) is 0 Å². The lowest BCUT2D eigenvalue weighted by atomic mass is 9.76. The van der Waals surface area contributed by atoms with E-state index in [4.69, 9.17) is 0 Å². The van der Waals surface area contributed by atoms with E-state index in [-0.39, 0.29) is 0 Å². The van der Waals surface area contributed by atoms with Crippen molar-refractivity contribution in [3.8, 4) is 0 Å². The summed E-state index contributed by atoms with van der Waals surface area (Å²) in [6, 6.07) is 0. The summed E-state index contributed by atoms with van der Waals surface area (Å²) in [6.07, 6.45) is 20.8. The molecule has 0 aromatic heterocycles. The number of hydrogen-bond acceptors (Lipinski definition) is 0. The fourth-order valence-electron chi connectivity index (χ4n) is 3.99. The van der Waals surface area contributed by atoms with E-state index in [9.17, 15) is 0 Å². The lowest BCUT2D eigenvalue weighted by Crippen LogP contribution is -2.30. The van der Waals surface area contributed by atoms with Crippen molar-refractivity contribution in [3.63, 3.8) is 0 Å². The molecular weight excluding hydrogens is 326 g/mol. The van der Waals surface area contributed by atoms with Crippen LogP contribution in [0.4, 0.5) is 0 Å². The minimum atomic E-state index is 1.05. The molecule has 6 unspecified atom stereocenters. The van der Waals surface area contributed by atoms with Gasteiger partial charge >= 0.3 is 0 Å². The first-order chi connectivity index (χ1) is 11.7. The van der Waals surface area contributed by atoms with Crippen molar-refractivity contribution in [2.45, 2.75) is 116 Å². The van der Waals surface area contributed by atoms with E-state index in [0.717, 1.165) is 23.2 Å². The van der Waals surface area contributed by atoms with E-state index < -0.39 is 0 Å². The molecule has 0 heterocycles. The molecule has 0 nitrogen and oxygen atoms in total. The van der Waals surface area contributed by atoms with Gasteiger partial charge in [-0.25, -0.2) is 0 Å². The van der Waals surface area contributed by atoms with Crippen LogP contribution in [0.15, 0.2) is 0 Å². The molecular formula is C22H46P2. The topological polar surface area (TPSA) is 0 Å². The predicted molar refractivity (Wildman–Crippen MR) is 119 cm³/mol. The van der Waals surface area contributed by atoms with Crippen LogP contribution in [0, 0.1) is 11.8 Å². The molecule has 0 radical (unpaired) electrons. The zero-order valence-electron chi connectivity index (χ0n) is 17.2. The summed E-state index contributed by atoms with van der Waals surface area (Å²) in [4.78, 5) is 0.